The molecule has 0 fully saturated rings. The number of aromatic nitrogens is 8. The molecule has 0 saturated carbocycles. The number of para-hydroxylation sites is 2. The molecule has 372 valence electrons. The van der Waals surface area contributed by atoms with Crippen LogP contribution < -0.4 is 32.8 Å². The van der Waals surface area contributed by atoms with Gasteiger partial charge in [0.2, 0.25) is 0 Å². The molecule has 0 unspecified atom stereocenters. The van der Waals surface area contributed by atoms with Crippen molar-refractivity contribution in [3.63, 3.8) is 0 Å². The smallest absolute Gasteiger partial charge is 0.413 e. The van der Waals surface area contributed by atoms with Gasteiger partial charge in [-0.1, -0.05) is 87.6 Å². The third-order valence-electron chi connectivity index (χ3n) is 11.4. The van der Waals surface area contributed by atoms with Gasteiger partial charge in [0.25, 0.3) is 22.9 Å². The van der Waals surface area contributed by atoms with E-state index in [0.29, 0.717) is 33.5 Å². The number of ether oxygens (including phenoxy) is 1. The number of carbonyl (C=O) groups is 3. The number of hydrogen-bond donors (Lipinski definition) is 4. The Bertz CT molecular complexity index is 3770. The van der Waals surface area contributed by atoms with Crippen molar-refractivity contribution in [2.24, 2.45) is 0 Å². The zero-order chi connectivity index (χ0) is 50.0. The zero-order valence-corrected chi connectivity index (χ0v) is 39.3. The lowest BCUT2D eigenvalue weighted by molar-refractivity contribution is 0.0635. The fourth-order valence-electron chi connectivity index (χ4n) is 8.27. The lowest BCUT2D eigenvalue weighted by atomic mass is 10.1. The fraction of sp³-hybridized carbons (Fsp3) is 0.182. The maximum Gasteiger partial charge on any atom is 0.413 e. The van der Waals surface area contributed by atoms with Gasteiger partial charge in [-0.2, -0.15) is 0 Å². The van der Waals surface area contributed by atoms with Gasteiger partial charge in [-0.25, -0.2) is 23.8 Å². The Morgan fingerprint density at radius 1 is 0.589 bits per heavy atom. The lowest BCUT2D eigenvalue weighted by Gasteiger charge is -2.21. The van der Waals surface area contributed by atoms with E-state index in [2.05, 4.69) is 36.1 Å². The number of rotatable bonds is 9. The fourth-order valence-corrected chi connectivity index (χ4v) is 8.27. The normalized spacial score (nSPS) is 11.9. The number of amides is 3. The van der Waals surface area contributed by atoms with E-state index in [1.54, 1.807) is 79.7 Å². The molecule has 10 rings (SSSR count). The average molecular weight is 981 g/mol. The molecule has 2 atom stereocenters. The van der Waals surface area contributed by atoms with Crippen LogP contribution in [0.1, 0.15) is 93.7 Å². The van der Waals surface area contributed by atoms with Crippen molar-refractivity contribution in [2.75, 3.05) is 11.1 Å². The Morgan fingerprint density at radius 2 is 1.01 bits per heavy atom. The summed E-state index contributed by atoms with van der Waals surface area (Å²) < 4.78 is 11.4. The van der Waals surface area contributed by atoms with Crippen molar-refractivity contribution in [2.45, 2.75) is 67.2 Å². The van der Waals surface area contributed by atoms with Crippen LogP contribution in [-0.2, 0) is 4.74 Å². The second-order valence-corrected chi connectivity index (χ2v) is 17.5. The van der Waals surface area contributed by atoms with Gasteiger partial charge in [-0.05, 0) is 106 Å². The summed E-state index contributed by atoms with van der Waals surface area (Å²) in [6.07, 6.45) is 5.66. The summed E-state index contributed by atoms with van der Waals surface area (Å²) in [6.45, 7) is 8.84. The predicted molar refractivity (Wildman–Crippen MR) is 285 cm³/mol. The number of benzene rings is 4. The van der Waals surface area contributed by atoms with Crippen molar-refractivity contribution in [3.05, 3.63) is 201 Å². The number of nitrogens with two attached hydrogens (primary N) is 1. The topological polar surface area (TPSA) is 227 Å². The van der Waals surface area contributed by atoms with Crippen molar-refractivity contribution in [1.82, 2.24) is 49.0 Å². The van der Waals surface area contributed by atoms with E-state index in [-0.39, 0.29) is 54.4 Å². The van der Waals surface area contributed by atoms with Crippen LogP contribution >= 0.6 is 0 Å². The summed E-state index contributed by atoms with van der Waals surface area (Å²) in [5.74, 6) is -0.842. The first-order valence-corrected chi connectivity index (χ1v) is 22.6. The minimum atomic E-state index is -0.750. The number of nitrogens with zero attached hydrogens (tertiary/aromatic N) is 8. The maximum atomic E-state index is 13.7. The molecule has 3 amide bonds. The van der Waals surface area contributed by atoms with Gasteiger partial charge in [0, 0.05) is 58.3 Å². The summed E-state index contributed by atoms with van der Waals surface area (Å²) in [7, 11) is 0. The number of hydrogen-bond acceptors (Lipinski definition) is 11. The number of anilines is 2. The molecule has 6 heterocycles. The number of fused-ring (bicyclic) bond motifs is 4. The molecular formula is C55H56N12O6. The van der Waals surface area contributed by atoms with E-state index >= 15 is 0 Å². The Balaban J connectivity index is 0.000000212. The van der Waals surface area contributed by atoms with Gasteiger partial charge < -0.3 is 21.1 Å². The van der Waals surface area contributed by atoms with Crippen LogP contribution in [0.5, 0.6) is 0 Å². The van der Waals surface area contributed by atoms with Crippen LogP contribution in [0.3, 0.4) is 0 Å². The molecule has 4 aromatic carbocycles. The highest BCUT2D eigenvalue weighted by molar-refractivity contribution is 6.07. The third-order valence-corrected chi connectivity index (χ3v) is 11.4. The molecule has 18 nitrogen and oxygen atoms in total. The van der Waals surface area contributed by atoms with Gasteiger partial charge in [0.05, 0.1) is 12.1 Å². The summed E-state index contributed by atoms with van der Waals surface area (Å²) in [5, 5.41) is 19.7. The molecule has 0 saturated heterocycles. The minimum Gasteiger partial charge on any atom is -0.444 e. The van der Waals surface area contributed by atoms with Gasteiger partial charge in [-0.15, -0.1) is 10.2 Å². The monoisotopic (exact) mass is 980 g/mol. The van der Waals surface area contributed by atoms with Crippen molar-refractivity contribution in [3.8, 4) is 11.4 Å². The molecule has 5 N–H and O–H groups in total. The summed E-state index contributed by atoms with van der Waals surface area (Å²) >= 11 is 0. The minimum absolute atomic E-state index is 0. The summed E-state index contributed by atoms with van der Waals surface area (Å²) in [4.78, 5) is 74.9. The average Bonchev–Trinajstić information content (AvgIpc) is 3.90. The molecule has 0 aliphatic rings. The number of nitrogens with one attached hydrogen (secondary N) is 3. The molecule has 0 aliphatic carbocycles. The van der Waals surface area contributed by atoms with E-state index in [1.165, 1.54) is 15.2 Å². The van der Waals surface area contributed by atoms with Crippen LogP contribution in [0, 0.1) is 0 Å². The highest BCUT2D eigenvalue weighted by Gasteiger charge is 2.28. The number of nitrogen functional groups attached to an aromatic ring is 1. The standard InChI is InChI=1S/C29H28N6O4.C24H20N6O2.2CH4/c1-18(22-17-19-11-8-9-14-21(19)27(37)35(22)20-12-6-5-7-13-20)31-26(36)23-24(32-28(38)39-29(2,3)4)33-34-16-10-15-30-25(23)34;1-15(27-23(31)20-21(25)28-29-13-7-12-26-22(20)29)19-14-16-8-5-6-11-18(16)24(32)30(19)17-9-3-2-4-10-17;;/h5-18H,1-4H3,(H,31,36)(H,32,33,38);2-15H,1H3,(H2,25,28)(H,27,31);2*1H4/t18-;15-;;/m00../s1. The first-order chi connectivity index (χ1) is 34.2. The Morgan fingerprint density at radius 3 is 1.49 bits per heavy atom. The molecule has 73 heavy (non-hydrogen) atoms. The van der Waals surface area contributed by atoms with Crippen molar-refractivity contribution in [1.29, 1.82) is 0 Å². The Labute approximate surface area is 420 Å². The van der Waals surface area contributed by atoms with Crippen LogP contribution in [0.25, 0.3) is 44.2 Å². The molecule has 0 spiro atoms. The first-order valence-electron chi connectivity index (χ1n) is 22.6. The van der Waals surface area contributed by atoms with E-state index in [4.69, 9.17) is 10.5 Å². The van der Waals surface area contributed by atoms with Gasteiger partial charge in [-0.3, -0.25) is 33.6 Å². The zero-order valence-electron chi connectivity index (χ0n) is 39.3. The Hall–Kier alpha value is -9.45. The predicted octanol–water partition coefficient (Wildman–Crippen LogP) is 9.25. The van der Waals surface area contributed by atoms with E-state index < -0.39 is 35.6 Å². The quantitative estimate of drug-likeness (QED) is 0.107. The molecule has 0 radical (unpaired) electrons. The molecule has 18 heteroatoms. The van der Waals surface area contributed by atoms with E-state index in [0.717, 1.165) is 16.5 Å². The largest absolute Gasteiger partial charge is 0.444 e. The first kappa shape index (κ1) is 51.4. The second-order valence-electron chi connectivity index (χ2n) is 17.5. The highest BCUT2D eigenvalue weighted by atomic mass is 16.6. The number of pyridine rings is 2. The summed E-state index contributed by atoms with van der Waals surface area (Å²) in [6, 6.07) is 39.4. The molecule has 6 aromatic heterocycles. The van der Waals surface area contributed by atoms with Crippen molar-refractivity contribution >= 4 is 62.4 Å². The van der Waals surface area contributed by atoms with Crippen LogP contribution in [-0.4, -0.2) is 61.8 Å². The third kappa shape index (κ3) is 10.5. The van der Waals surface area contributed by atoms with E-state index in [9.17, 15) is 24.0 Å². The van der Waals surface area contributed by atoms with Gasteiger partial charge >= 0.3 is 6.09 Å². The number of carbonyl (C=O) groups excluding carboxylic acids is 3. The lowest BCUT2D eigenvalue weighted by Crippen LogP contribution is -2.33. The van der Waals surface area contributed by atoms with Crippen LogP contribution in [0.15, 0.2) is 168 Å². The Kier molecular flexibility index (Phi) is 15.0. The second kappa shape index (κ2) is 21.3. The molecule has 0 bridgehead atoms. The van der Waals surface area contributed by atoms with Crippen LogP contribution in [0.4, 0.5) is 16.4 Å². The van der Waals surface area contributed by atoms with E-state index in [1.807, 2.05) is 116 Å². The highest BCUT2D eigenvalue weighted by Crippen LogP contribution is 2.26. The molecule has 10 aromatic rings. The van der Waals surface area contributed by atoms with Gasteiger partial charge in [0.1, 0.15) is 16.7 Å². The molecular weight excluding hydrogens is 925 g/mol. The summed E-state index contributed by atoms with van der Waals surface area (Å²) in [5.41, 5.74) is 8.44. The van der Waals surface area contributed by atoms with Gasteiger partial charge in [0.15, 0.2) is 22.9 Å². The SMILES string of the molecule is C.C.C[C@H](NC(=O)c1c(N)nn2cccnc12)c1cc2ccccc2c(=O)n1-c1ccccc1.C[C@H](NC(=O)c1c(NC(=O)OC(C)(C)C)nn2cccnc12)c1cc2ccccc2c(=O)n1-c1ccccc1. The van der Waals surface area contributed by atoms with Crippen molar-refractivity contribution < 1.29 is 19.1 Å². The van der Waals surface area contributed by atoms with Crippen LogP contribution in [0.2, 0.25) is 0 Å². The molecule has 0 aliphatic heterocycles. The maximum absolute atomic E-state index is 13.7.